The first kappa shape index (κ1) is 10.9. The minimum atomic E-state index is 0.707. The summed E-state index contributed by atoms with van der Waals surface area (Å²) in [7, 11) is 2.02. The van der Waals surface area contributed by atoms with E-state index in [1.165, 1.54) is 6.42 Å². The fourth-order valence-electron chi connectivity index (χ4n) is 2.06. The minimum absolute atomic E-state index is 0.707. The van der Waals surface area contributed by atoms with Crippen LogP contribution in [0.15, 0.2) is 12.3 Å². The molecule has 1 aromatic rings. The zero-order valence-electron chi connectivity index (χ0n) is 10.1. The van der Waals surface area contributed by atoms with Gasteiger partial charge in [-0.1, -0.05) is 6.92 Å². The second-order valence-corrected chi connectivity index (χ2v) is 4.79. The Labute approximate surface area is 96.7 Å². The fourth-order valence-corrected chi connectivity index (χ4v) is 2.06. The van der Waals surface area contributed by atoms with Gasteiger partial charge in [-0.25, -0.2) is 4.98 Å². The molecule has 1 aliphatic carbocycles. The molecule has 1 saturated carbocycles. The molecular formula is C13H17N3. The van der Waals surface area contributed by atoms with Crippen molar-refractivity contribution in [3.63, 3.8) is 0 Å². The summed E-state index contributed by atoms with van der Waals surface area (Å²) in [5.74, 6) is 2.43. The SMILES string of the molecule is Cc1ccnc(N(C)CC2CC2C)c1C#N. The molecule has 2 atom stereocenters. The lowest BCUT2D eigenvalue weighted by atomic mass is 10.1. The molecule has 84 valence electrons. The van der Waals surface area contributed by atoms with Crippen molar-refractivity contribution in [2.75, 3.05) is 18.5 Å². The van der Waals surface area contributed by atoms with Gasteiger partial charge in [-0.3, -0.25) is 0 Å². The molecule has 1 aromatic heterocycles. The molecule has 1 fully saturated rings. The van der Waals surface area contributed by atoms with Crippen molar-refractivity contribution in [3.05, 3.63) is 23.4 Å². The Morgan fingerprint density at radius 1 is 1.62 bits per heavy atom. The molecule has 0 aromatic carbocycles. The first-order chi connectivity index (χ1) is 7.63. The summed E-state index contributed by atoms with van der Waals surface area (Å²) in [6.45, 7) is 5.23. The summed E-state index contributed by atoms with van der Waals surface area (Å²) >= 11 is 0. The fraction of sp³-hybridized carbons (Fsp3) is 0.538. The highest BCUT2D eigenvalue weighted by molar-refractivity contribution is 5.56. The summed E-state index contributed by atoms with van der Waals surface area (Å²) < 4.78 is 0. The number of aromatic nitrogens is 1. The molecule has 1 heterocycles. The molecule has 2 unspecified atom stereocenters. The molecule has 0 saturated heterocycles. The molecule has 0 bridgehead atoms. The maximum absolute atomic E-state index is 9.13. The number of nitriles is 1. The van der Waals surface area contributed by atoms with Gasteiger partial charge in [0.05, 0.1) is 5.56 Å². The number of rotatable bonds is 3. The van der Waals surface area contributed by atoms with E-state index >= 15 is 0 Å². The second-order valence-electron chi connectivity index (χ2n) is 4.79. The Morgan fingerprint density at radius 2 is 2.31 bits per heavy atom. The van der Waals surface area contributed by atoms with E-state index in [0.29, 0.717) is 5.56 Å². The van der Waals surface area contributed by atoms with Crippen molar-refractivity contribution in [1.29, 1.82) is 5.26 Å². The molecule has 16 heavy (non-hydrogen) atoms. The molecule has 0 amide bonds. The number of hydrogen-bond donors (Lipinski definition) is 0. The Hall–Kier alpha value is -1.56. The monoisotopic (exact) mass is 215 g/mol. The molecule has 0 aliphatic heterocycles. The van der Waals surface area contributed by atoms with Gasteiger partial charge in [-0.15, -0.1) is 0 Å². The van der Waals surface area contributed by atoms with Gasteiger partial charge >= 0.3 is 0 Å². The zero-order valence-corrected chi connectivity index (χ0v) is 10.1. The number of anilines is 1. The standard InChI is InChI=1S/C13H17N3/c1-9-4-5-15-13(12(9)7-14)16(3)8-11-6-10(11)2/h4-5,10-11H,6,8H2,1-3H3. The summed E-state index contributed by atoms with van der Waals surface area (Å²) in [6, 6.07) is 4.13. The van der Waals surface area contributed by atoms with Crippen LogP contribution >= 0.6 is 0 Å². The van der Waals surface area contributed by atoms with Gasteiger partial charge in [-0.05, 0) is 36.8 Å². The average molecular weight is 215 g/mol. The first-order valence-corrected chi connectivity index (χ1v) is 5.70. The van der Waals surface area contributed by atoms with Crippen LogP contribution in [0.5, 0.6) is 0 Å². The summed E-state index contributed by atoms with van der Waals surface area (Å²) in [6.07, 6.45) is 3.08. The second kappa shape index (κ2) is 4.13. The van der Waals surface area contributed by atoms with Crippen molar-refractivity contribution in [2.24, 2.45) is 11.8 Å². The van der Waals surface area contributed by atoms with Crippen LogP contribution in [-0.4, -0.2) is 18.6 Å². The quantitative estimate of drug-likeness (QED) is 0.777. The van der Waals surface area contributed by atoms with Crippen LogP contribution in [0.3, 0.4) is 0 Å². The lowest BCUT2D eigenvalue weighted by molar-refractivity contribution is 0.718. The Morgan fingerprint density at radius 3 is 2.88 bits per heavy atom. The van der Waals surface area contributed by atoms with E-state index in [4.69, 9.17) is 5.26 Å². The Kier molecular flexibility index (Phi) is 2.82. The average Bonchev–Trinajstić information content (AvgIpc) is 2.93. The van der Waals surface area contributed by atoms with E-state index in [-0.39, 0.29) is 0 Å². The van der Waals surface area contributed by atoms with Crippen LogP contribution in [0, 0.1) is 30.1 Å². The van der Waals surface area contributed by atoms with Crippen LogP contribution in [0.2, 0.25) is 0 Å². The van der Waals surface area contributed by atoms with Gasteiger partial charge in [0.15, 0.2) is 0 Å². The lowest BCUT2D eigenvalue weighted by Crippen LogP contribution is -2.22. The third kappa shape index (κ3) is 2.01. The van der Waals surface area contributed by atoms with Crippen LogP contribution in [0.1, 0.15) is 24.5 Å². The maximum atomic E-state index is 9.13. The predicted octanol–water partition coefficient (Wildman–Crippen LogP) is 2.35. The van der Waals surface area contributed by atoms with Crippen LogP contribution < -0.4 is 4.90 Å². The smallest absolute Gasteiger partial charge is 0.146 e. The van der Waals surface area contributed by atoms with Gasteiger partial charge in [-0.2, -0.15) is 5.26 Å². The number of nitrogens with zero attached hydrogens (tertiary/aromatic N) is 3. The molecule has 0 radical (unpaired) electrons. The Bertz CT molecular complexity index is 433. The number of hydrogen-bond acceptors (Lipinski definition) is 3. The van der Waals surface area contributed by atoms with Gasteiger partial charge in [0.2, 0.25) is 0 Å². The van der Waals surface area contributed by atoms with Crippen LogP contribution in [0.4, 0.5) is 5.82 Å². The number of pyridine rings is 1. The normalized spacial score (nSPS) is 22.6. The van der Waals surface area contributed by atoms with Gasteiger partial charge in [0.25, 0.3) is 0 Å². The lowest BCUT2D eigenvalue weighted by Gasteiger charge is -2.19. The van der Waals surface area contributed by atoms with E-state index in [9.17, 15) is 0 Å². The number of aryl methyl sites for hydroxylation is 1. The predicted molar refractivity (Wildman–Crippen MR) is 64.2 cm³/mol. The third-order valence-corrected chi connectivity index (χ3v) is 3.40. The largest absolute Gasteiger partial charge is 0.358 e. The van der Waals surface area contributed by atoms with E-state index in [0.717, 1.165) is 29.8 Å². The van der Waals surface area contributed by atoms with Crippen LogP contribution in [0.25, 0.3) is 0 Å². The van der Waals surface area contributed by atoms with E-state index in [1.807, 2.05) is 20.0 Å². The van der Waals surface area contributed by atoms with Crippen LogP contribution in [-0.2, 0) is 0 Å². The highest BCUT2D eigenvalue weighted by Gasteiger charge is 2.33. The van der Waals surface area contributed by atoms with E-state index in [1.54, 1.807) is 6.20 Å². The van der Waals surface area contributed by atoms with Crippen molar-refractivity contribution in [3.8, 4) is 6.07 Å². The molecule has 3 nitrogen and oxygen atoms in total. The summed E-state index contributed by atoms with van der Waals surface area (Å²) in [5.41, 5.74) is 1.71. The highest BCUT2D eigenvalue weighted by atomic mass is 15.2. The Balaban J connectivity index is 2.19. The van der Waals surface area contributed by atoms with Crippen molar-refractivity contribution in [2.45, 2.75) is 20.3 Å². The first-order valence-electron chi connectivity index (χ1n) is 5.70. The molecule has 1 aliphatic rings. The topological polar surface area (TPSA) is 39.9 Å². The minimum Gasteiger partial charge on any atom is -0.358 e. The van der Waals surface area contributed by atoms with E-state index in [2.05, 4.69) is 22.9 Å². The zero-order chi connectivity index (χ0) is 11.7. The summed E-state index contributed by atoms with van der Waals surface area (Å²) in [4.78, 5) is 6.43. The summed E-state index contributed by atoms with van der Waals surface area (Å²) in [5, 5.41) is 9.13. The molecule has 3 heteroatoms. The highest BCUT2D eigenvalue weighted by Crippen LogP contribution is 2.38. The van der Waals surface area contributed by atoms with Gasteiger partial charge < -0.3 is 4.90 Å². The van der Waals surface area contributed by atoms with E-state index < -0.39 is 0 Å². The van der Waals surface area contributed by atoms with Crippen molar-refractivity contribution >= 4 is 5.82 Å². The van der Waals surface area contributed by atoms with Crippen molar-refractivity contribution in [1.82, 2.24) is 4.98 Å². The molecule has 2 rings (SSSR count). The van der Waals surface area contributed by atoms with Crippen molar-refractivity contribution < 1.29 is 0 Å². The molecule has 0 spiro atoms. The molecule has 0 N–H and O–H groups in total. The maximum Gasteiger partial charge on any atom is 0.146 e. The van der Waals surface area contributed by atoms with Gasteiger partial charge in [0, 0.05) is 19.8 Å². The third-order valence-electron chi connectivity index (χ3n) is 3.40. The van der Waals surface area contributed by atoms with Gasteiger partial charge in [0.1, 0.15) is 11.9 Å². The molecular weight excluding hydrogens is 198 g/mol.